The number of aromatic amines is 1. The summed E-state index contributed by atoms with van der Waals surface area (Å²) in [6, 6.07) is 22.7. The van der Waals surface area contributed by atoms with Crippen LogP contribution in [0.1, 0.15) is 0 Å². The Morgan fingerprint density at radius 2 is 1.53 bits per heavy atom. The highest BCUT2D eigenvalue weighted by Gasteiger charge is 2.14. The van der Waals surface area contributed by atoms with Crippen molar-refractivity contribution >= 4 is 55.4 Å². The second-order valence-electron chi connectivity index (χ2n) is 7.17. The minimum atomic E-state index is -0.142. The predicted molar refractivity (Wildman–Crippen MR) is 124 cm³/mol. The molecule has 0 saturated carbocycles. The molecule has 0 spiro atoms. The fraction of sp³-hybridized carbons (Fsp3) is 0.0417. The van der Waals surface area contributed by atoms with Crippen LogP contribution >= 0.6 is 11.8 Å². The molecule has 3 aromatic carbocycles. The van der Waals surface area contributed by atoms with Gasteiger partial charge in [-0.3, -0.25) is 4.79 Å². The minimum Gasteiger partial charge on any atom is -0.309 e. The van der Waals surface area contributed by atoms with Crippen LogP contribution in [0.3, 0.4) is 0 Å². The quantitative estimate of drug-likeness (QED) is 0.240. The van der Waals surface area contributed by atoms with Crippen molar-refractivity contribution in [3.63, 3.8) is 0 Å². The molecule has 6 aromatic rings. The van der Waals surface area contributed by atoms with Crippen LogP contribution < -0.4 is 5.56 Å². The Morgan fingerprint density at radius 1 is 0.833 bits per heavy atom. The predicted octanol–water partition coefficient (Wildman–Crippen LogP) is 5.29. The Bertz CT molecular complexity index is 1610. The van der Waals surface area contributed by atoms with E-state index in [2.05, 4.69) is 74.1 Å². The summed E-state index contributed by atoms with van der Waals surface area (Å²) in [5, 5.41) is 5.36. The molecular weight excluding hydrogens is 392 g/mol. The van der Waals surface area contributed by atoms with Gasteiger partial charge < -0.3 is 9.55 Å². The third kappa shape index (κ3) is 2.40. The van der Waals surface area contributed by atoms with Crippen LogP contribution in [-0.4, -0.2) is 25.8 Å². The summed E-state index contributed by atoms with van der Waals surface area (Å²) < 4.78 is 2.24. The zero-order valence-electron chi connectivity index (χ0n) is 16.1. The molecular formula is C24H16N4OS. The van der Waals surface area contributed by atoms with Gasteiger partial charge in [0.05, 0.1) is 11.0 Å². The smallest absolute Gasteiger partial charge is 0.257 e. The van der Waals surface area contributed by atoms with E-state index in [1.807, 2.05) is 18.4 Å². The topological polar surface area (TPSA) is 63.6 Å². The van der Waals surface area contributed by atoms with Gasteiger partial charge in [0.1, 0.15) is 5.65 Å². The van der Waals surface area contributed by atoms with Crippen LogP contribution in [0.2, 0.25) is 0 Å². The summed E-state index contributed by atoms with van der Waals surface area (Å²) >= 11 is 1.45. The van der Waals surface area contributed by atoms with Crippen LogP contribution in [-0.2, 0) is 0 Å². The van der Waals surface area contributed by atoms with Gasteiger partial charge in [-0.05, 0) is 36.6 Å². The normalized spacial score (nSPS) is 11.8. The summed E-state index contributed by atoms with van der Waals surface area (Å²) in [5.74, 6) is 0. The van der Waals surface area contributed by atoms with E-state index in [1.165, 1.54) is 22.5 Å². The summed E-state index contributed by atoms with van der Waals surface area (Å²) in [6.07, 6.45) is 3.71. The van der Waals surface area contributed by atoms with Gasteiger partial charge in [-0.2, -0.15) is 0 Å². The second kappa shape index (κ2) is 6.43. The largest absolute Gasteiger partial charge is 0.309 e. The molecule has 6 heteroatoms. The van der Waals surface area contributed by atoms with E-state index >= 15 is 0 Å². The zero-order chi connectivity index (χ0) is 20.2. The van der Waals surface area contributed by atoms with Crippen LogP contribution in [0.25, 0.3) is 49.3 Å². The Kier molecular flexibility index (Phi) is 3.70. The Balaban J connectivity index is 1.74. The van der Waals surface area contributed by atoms with Crippen molar-refractivity contribution in [2.75, 3.05) is 6.26 Å². The van der Waals surface area contributed by atoms with Crippen LogP contribution in [0, 0.1) is 0 Å². The SMILES string of the molecule is CSc1ncc2c(n1)[nH]c(=O)c1ccc(-n3c4ccccc4c4ccccc43)cc12. The number of nitrogens with one attached hydrogen (secondary N) is 1. The van der Waals surface area contributed by atoms with E-state index in [0.29, 0.717) is 16.2 Å². The maximum absolute atomic E-state index is 12.7. The number of H-pyrrole nitrogens is 1. The Labute approximate surface area is 175 Å². The van der Waals surface area contributed by atoms with Gasteiger partial charge in [-0.25, -0.2) is 9.97 Å². The molecule has 6 rings (SSSR count). The molecule has 144 valence electrons. The third-order valence-electron chi connectivity index (χ3n) is 5.56. The fourth-order valence-electron chi connectivity index (χ4n) is 4.22. The Morgan fingerprint density at radius 3 is 2.23 bits per heavy atom. The van der Waals surface area contributed by atoms with Crippen molar-refractivity contribution in [3.05, 3.63) is 83.3 Å². The van der Waals surface area contributed by atoms with Crippen molar-refractivity contribution in [2.24, 2.45) is 0 Å². The number of rotatable bonds is 2. The first-order valence-electron chi connectivity index (χ1n) is 9.60. The van der Waals surface area contributed by atoms with Crippen molar-refractivity contribution in [1.82, 2.24) is 19.5 Å². The first kappa shape index (κ1) is 17.2. The molecule has 3 aromatic heterocycles. The molecule has 0 saturated heterocycles. The maximum Gasteiger partial charge on any atom is 0.257 e. The highest BCUT2D eigenvalue weighted by molar-refractivity contribution is 7.98. The lowest BCUT2D eigenvalue weighted by atomic mass is 10.1. The summed E-state index contributed by atoms with van der Waals surface area (Å²) in [6.45, 7) is 0. The number of pyridine rings is 1. The molecule has 30 heavy (non-hydrogen) atoms. The summed E-state index contributed by atoms with van der Waals surface area (Å²) in [7, 11) is 0. The molecule has 0 aliphatic carbocycles. The van der Waals surface area contributed by atoms with Gasteiger partial charge in [0.15, 0.2) is 5.16 Å². The average molecular weight is 408 g/mol. The van der Waals surface area contributed by atoms with Crippen LogP contribution in [0.4, 0.5) is 0 Å². The van der Waals surface area contributed by atoms with Crippen molar-refractivity contribution in [2.45, 2.75) is 5.16 Å². The molecule has 0 bridgehead atoms. The number of para-hydroxylation sites is 2. The van der Waals surface area contributed by atoms with Crippen molar-refractivity contribution in [3.8, 4) is 5.69 Å². The minimum absolute atomic E-state index is 0.142. The molecule has 0 amide bonds. The lowest BCUT2D eigenvalue weighted by Gasteiger charge is -2.10. The monoisotopic (exact) mass is 408 g/mol. The highest BCUT2D eigenvalue weighted by atomic mass is 32.2. The highest BCUT2D eigenvalue weighted by Crippen LogP contribution is 2.33. The molecule has 3 heterocycles. The van der Waals surface area contributed by atoms with E-state index in [1.54, 1.807) is 6.20 Å². The van der Waals surface area contributed by atoms with Gasteiger partial charge in [-0.15, -0.1) is 0 Å². The van der Waals surface area contributed by atoms with Crippen LogP contribution in [0.15, 0.2) is 82.9 Å². The van der Waals surface area contributed by atoms with E-state index in [-0.39, 0.29) is 5.56 Å². The first-order valence-corrected chi connectivity index (χ1v) is 10.8. The van der Waals surface area contributed by atoms with E-state index in [9.17, 15) is 4.79 Å². The van der Waals surface area contributed by atoms with E-state index < -0.39 is 0 Å². The fourth-order valence-corrected chi connectivity index (χ4v) is 4.56. The number of aromatic nitrogens is 4. The number of hydrogen-bond donors (Lipinski definition) is 1. The van der Waals surface area contributed by atoms with E-state index in [0.717, 1.165) is 27.5 Å². The molecule has 0 aliphatic heterocycles. The van der Waals surface area contributed by atoms with Gasteiger partial charge >= 0.3 is 0 Å². The molecule has 5 nitrogen and oxygen atoms in total. The molecule has 0 fully saturated rings. The zero-order valence-corrected chi connectivity index (χ0v) is 16.9. The molecule has 0 radical (unpaired) electrons. The molecule has 0 atom stereocenters. The number of hydrogen-bond acceptors (Lipinski definition) is 4. The van der Waals surface area contributed by atoms with Gasteiger partial charge in [0.25, 0.3) is 5.56 Å². The molecule has 0 unspecified atom stereocenters. The second-order valence-corrected chi connectivity index (χ2v) is 7.95. The van der Waals surface area contributed by atoms with E-state index in [4.69, 9.17) is 0 Å². The summed E-state index contributed by atoms with van der Waals surface area (Å²) in [4.78, 5) is 24.5. The number of benzene rings is 3. The van der Waals surface area contributed by atoms with Crippen molar-refractivity contribution < 1.29 is 0 Å². The number of nitrogens with zero attached hydrogens (tertiary/aromatic N) is 3. The molecule has 1 N–H and O–H groups in total. The average Bonchev–Trinajstić information content (AvgIpc) is 3.13. The number of thioether (sulfide) groups is 1. The van der Waals surface area contributed by atoms with Gasteiger partial charge in [-0.1, -0.05) is 48.2 Å². The molecule has 0 aliphatic rings. The first-order chi connectivity index (χ1) is 14.7. The standard InChI is InChI=1S/C24H16N4OS/c1-30-24-25-13-19-18-12-14(10-11-17(18)23(29)26-22(19)27-24)28-20-8-4-2-6-15(20)16-7-3-5-9-21(16)28/h2-13H,1H3,(H,25,26,27,29). The number of fused-ring (bicyclic) bond motifs is 6. The Hall–Kier alpha value is -3.64. The lowest BCUT2D eigenvalue weighted by Crippen LogP contribution is -2.08. The lowest BCUT2D eigenvalue weighted by molar-refractivity contribution is 0.991. The van der Waals surface area contributed by atoms with Crippen LogP contribution in [0.5, 0.6) is 0 Å². The van der Waals surface area contributed by atoms with Gasteiger partial charge in [0, 0.05) is 38.8 Å². The summed E-state index contributed by atoms with van der Waals surface area (Å²) in [5.41, 5.74) is 3.69. The third-order valence-corrected chi connectivity index (χ3v) is 6.12. The van der Waals surface area contributed by atoms with Gasteiger partial charge in [0.2, 0.25) is 0 Å². The van der Waals surface area contributed by atoms with Crippen molar-refractivity contribution in [1.29, 1.82) is 0 Å². The maximum atomic E-state index is 12.7.